The summed E-state index contributed by atoms with van der Waals surface area (Å²) < 4.78 is 60.3. The molecule has 0 unspecified atom stereocenters. The number of anilines is 2. The molecule has 1 aliphatic heterocycles. The van der Waals surface area contributed by atoms with E-state index in [4.69, 9.17) is 4.74 Å². The van der Waals surface area contributed by atoms with Crippen LogP contribution in [0.25, 0.3) is 0 Å². The lowest BCUT2D eigenvalue weighted by molar-refractivity contribution is -0.138. The van der Waals surface area contributed by atoms with Gasteiger partial charge in [0.15, 0.2) is 0 Å². The van der Waals surface area contributed by atoms with Crippen molar-refractivity contribution in [2.45, 2.75) is 18.0 Å². The van der Waals surface area contributed by atoms with Crippen molar-refractivity contribution in [1.82, 2.24) is 4.31 Å². The Morgan fingerprint density at radius 2 is 1.76 bits per heavy atom. The van der Waals surface area contributed by atoms with E-state index in [2.05, 4.69) is 13.2 Å². The Kier molecular flexibility index (Phi) is 8.54. The number of hydrogen-bond acceptors (Lipinski definition) is 5. The first kappa shape index (κ1) is 23.7. The molecule has 0 fully saturated rings. The third kappa shape index (κ3) is 6.20. The standard InChI is InChI=1S/C17H16F4N2OS.C3H8S/c1-22-7-8-23(12-5-3-11(18)4-6-12)14-9-13(17(19,20)21)15(24-2)10-16(14)25-22;1-3-4-2/h3-6,9-10H,7-8H2,1-2H3;3H2,1-2H3. The number of hydrogen-bond donors (Lipinski definition) is 0. The lowest BCUT2D eigenvalue weighted by Gasteiger charge is -2.26. The van der Waals surface area contributed by atoms with E-state index >= 15 is 0 Å². The monoisotopic (exact) mass is 448 g/mol. The molecule has 3 rings (SSSR count). The highest BCUT2D eigenvalue weighted by molar-refractivity contribution is 7.98. The van der Waals surface area contributed by atoms with Crippen LogP contribution in [-0.2, 0) is 6.18 Å². The van der Waals surface area contributed by atoms with E-state index in [1.54, 1.807) is 17.0 Å². The number of fused-ring (bicyclic) bond motifs is 1. The predicted octanol–water partition coefficient (Wildman–Crippen LogP) is 6.31. The van der Waals surface area contributed by atoms with Crippen molar-refractivity contribution in [2.75, 3.05) is 44.2 Å². The Morgan fingerprint density at radius 1 is 1.14 bits per heavy atom. The summed E-state index contributed by atoms with van der Waals surface area (Å²) in [6, 6.07) is 8.22. The molecule has 1 aliphatic rings. The van der Waals surface area contributed by atoms with Crippen LogP contribution in [0.4, 0.5) is 28.9 Å². The maximum atomic E-state index is 13.4. The molecule has 0 amide bonds. The highest BCUT2D eigenvalue weighted by Gasteiger charge is 2.36. The van der Waals surface area contributed by atoms with Gasteiger partial charge in [-0.05, 0) is 67.4 Å². The second-order valence-corrected chi connectivity index (χ2v) is 8.57. The summed E-state index contributed by atoms with van der Waals surface area (Å²) in [6.45, 7) is 3.25. The van der Waals surface area contributed by atoms with Gasteiger partial charge >= 0.3 is 6.18 Å². The minimum absolute atomic E-state index is 0.215. The van der Waals surface area contributed by atoms with Crippen LogP contribution in [0, 0.1) is 5.82 Å². The zero-order chi connectivity index (χ0) is 21.6. The van der Waals surface area contributed by atoms with Gasteiger partial charge in [-0.15, -0.1) is 0 Å². The van der Waals surface area contributed by atoms with Gasteiger partial charge in [0, 0.05) is 18.8 Å². The quantitative estimate of drug-likeness (QED) is 0.403. The summed E-state index contributed by atoms with van der Waals surface area (Å²) in [4.78, 5) is 2.41. The topological polar surface area (TPSA) is 15.7 Å². The van der Waals surface area contributed by atoms with Crippen molar-refractivity contribution in [2.24, 2.45) is 0 Å². The van der Waals surface area contributed by atoms with Gasteiger partial charge in [-0.25, -0.2) is 8.70 Å². The molecular weight excluding hydrogens is 424 g/mol. The Labute approximate surface area is 177 Å². The van der Waals surface area contributed by atoms with E-state index in [1.165, 1.54) is 43.0 Å². The molecule has 160 valence electrons. The van der Waals surface area contributed by atoms with Crippen LogP contribution in [0.2, 0.25) is 0 Å². The Hall–Kier alpha value is -1.58. The highest BCUT2D eigenvalue weighted by Crippen LogP contribution is 2.46. The SMILES string of the molecule is CCSC.COc1cc2c(cc1C(F)(F)F)N(c1ccc(F)cc1)CCN(C)S2. The number of likely N-dealkylation sites (N-methyl/N-ethyl adjacent to an activating group) is 1. The summed E-state index contributed by atoms with van der Waals surface area (Å²) in [7, 11) is 3.09. The highest BCUT2D eigenvalue weighted by atomic mass is 32.2. The van der Waals surface area contributed by atoms with Crippen LogP contribution in [0.5, 0.6) is 5.75 Å². The number of thioether (sulfide) groups is 1. The van der Waals surface area contributed by atoms with Crippen LogP contribution in [-0.4, -0.2) is 43.6 Å². The molecule has 0 N–H and O–H groups in total. The molecule has 3 nitrogen and oxygen atoms in total. The van der Waals surface area contributed by atoms with Gasteiger partial charge in [0.25, 0.3) is 0 Å². The summed E-state index contributed by atoms with van der Waals surface area (Å²) in [5.41, 5.74) is 0.233. The van der Waals surface area contributed by atoms with Crippen molar-refractivity contribution in [3.05, 3.63) is 47.8 Å². The van der Waals surface area contributed by atoms with Gasteiger partial charge in [-0.2, -0.15) is 24.9 Å². The number of nitrogens with zero attached hydrogens (tertiary/aromatic N) is 2. The van der Waals surface area contributed by atoms with Crippen LogP contribution in [0.1, 0.15) is 12.5 Å². The summed E-state index contributed by atoms with van der Waals surface area (Å²) in [5.74, 6) is 0.629. The molecule has 1 heterocycles. The lowest BCUT2D eigenvalue weighted by atomic mass is 10.1. The second kappa shape index (κ2) is 10.4. The van der Waals surface area contributed by atoms with Gasteiger partial charge in [-0.1, -0.05) is 6.92 Å². The van der Waals surface area contributed by atoms with Gasteiger partial charge < -0.3 is 9.64 Å². The smallest absolute Gasteiger partial charge is 0.420 e. The zero-order valence-electron chi connectivity index (χ0n) is 16.7. The van der Waals surface area contributed by atoms with E-state index in [0.717, 1.165) is 6.07 Å². The van der Waals surface area contributed by atoms with E-state index in [-0.39, 0.29) is 5.75 Å². The maximum Gasteiger partial charge on any atom is 0.420 e. The summed E-state index contributed by atoms with van der Waals surface area (Å²) in [6.07, 6.45) is -2.43. The zero-order valence-corrected chi connectivity index (χ0v) is 18.3. The van der Waals surface area contributed by atoms with Gasteiger partial charge in [-0.3, -0.25) is 0 Å². The molecule has 0 saturated heterocycles. The fourth-order valence-electron chi connectivity index (χ4n) is 2.69. The van der Waals surface area contributed by atoms with E-state index in [1.807, 2.05) is 23.1 Å². The van der Waals surface area contributed by atoms with Crippen LogP contribution >= 0.6 is 23.7 Å². The largest absolute Gasteiger partial charge is 0.496 e. The van der Waals surface area contributed by atoms with E-state index < -0.39 is 17.6 Å². The molecule has 0 atom stereocenters. The normalized spacial score (nSPS) is 14.6. The first-order chi connectivity index (χ1) is 13.7. The summed E-state index contributed by atoms with van der Waals surface area (Å²) >= 11 is 3.21. The van der Waals surface area contributed by atoms with E-state index in [9.17, 15) is 17.6 Å². The van der Waals surface area contributed by atoms with Crippen molar-refractivity contribution in [1.29, 1.82) is 0 Å². The van der Waals surface area contributed by atoms with Crippen LogP contribution < -0.4 is 9.64 Å². The number of benzene rings is 2. The van der Waals surface area contributed by atoms with Crippen LogP contribution in [0.15, 0.2) is 41.3 Å². The van der Waals surface area contributed by atoms with Crippen LogP contribution in [0.3, 0.4) is 0 Å². The molecule has 2 aromatic carbocycles. The third-order valence-electron chi connectivity index (χ3n) is 4.20. The number of methoxy groups -OCH3 is 1. The van der Waals surface area contributed by atoms with Crippen molar-refractivity contribution in [3.8, 4) is 5.75 Å². The number of ether oxygens (including phenoxy) is 1. The third-order valence-corrected chi connectivity index (χ3v) is 5.79. The molecule has 0 aliphatic carbocycles. The number of rotatable bonds is 3. The Morgan fingerprint density at radius 3 is 2.28 bits per heavy atom. The average Bonchev–Trinajstić information content (AvgIpc) is 2.85. The van der Waals surface area contributed by atoms with Crippen molar-refractivity contribution < 1.29 is 22.3 Å². The lowest BCUT2D eigenvalue weighted by Crippen LogP contribution is -2.24. The maximum absolute atomic E-state index is 13.4. The van der Waals surface area contributed by atoms with Gasteiger partial charge in [0.1, 0.15) is 11.6 Å². The molecule has 9 heteroatoms. The first-order valence-electron chi connectivity index (χ1n) is 8.91. The number of halogens is 4. The molecule has 2 aromatic rings. The molecule has 0 bridgehead atoms. The minimum Gasteiger partial charge on any atom is -0.496 e. The average molecular weight is 449 g/mol. The predicted molar refractivity (Wildman–Crippen MR) is 114 cm³/mol. The molecule has 29 heavy (non-hydrogen) atoms. The Bertz CT molecular complexity index is 798. The Balaban J connectivity index is 0.000000687. The molecular formula is C20H24F4N2OS2. The number of alkyl halides is 3. The fourth-order valence-corrected chi connectivity index (χ4v) is 3.62. The minimum atomic E-state index is -4.53. The van der Waals surface area contributed by atoms with Crippen molar-refractivity contribution in [3.63, 3.8) is 0 Å². The molecule has 0 spiro atoms. The molecule has 0 saturated carbocycles. The fraction of sp³-hybridized carbons (Fsp3) is 0.400. The summed E-state index contributed by atoms with van der Waals surface area (Å²) in [5, 5.41) is 0. The first-order valence-corrected chi connectivity index (χ1v) is 11.1. The van der Waals surface area contributed by atoms with Gasteiger partial charge in [0.2, 0.25) is 0 Å². The van der Waals surface area contributed by atoms with Gasteiger partial charge in [0.05, 0.1) is 23.3 Å². The molecule has 0 aromatic heterocycles. The molecule has 0 radical (unpaired) electrons. The van der Waals surface area contributed by atoms with E-state index in [0.29, 0.717) is 29.4 Å². The van der Waals surface area contributed by atoms with Crippen molar-refractivity contribution >= 4 is 35.1 Å². The second-order valence-electron chi connectivity index (χ2n) is 6.17.